The number of nitrogens with zero attached hydrogens (tertiary/aromatic N) is 3. The predicted molar refractivity (Wildman–Crippen MR) is 129 cm³/mol. The second-order valence-electron chi connectivity index (χ2n) is 7.25. The van der Waals surface area contributed by atoms with Crippen LogP contribution >= 0.6 is 11.3 Å². The van der Waals surface area contributed by atoms with Crippen molar-refractivity contribution in [3.8, 4) is 22.8 Å². The van der Waals surface area contributed by atoms with Crippen molar-refractivity contribution in [3.05, 3.63) is 98.7 Å². The van der Waals surface area contributed by atoms with Gasteiger partial charge in [0.15, 0.2) is 16.3 Å². The first kappa shape index (κ1) is 22.3. The molecule has 0 saturated carbocycles. The van der Waals surface area contributed by atoms with Crippen LogP contribution in [0.1, 0.15) is 5.56 Å². The second kappa shape index (κ2) is 10.1. The summed E-state index contributed by atoms with van der Waals surface area (Å²) >= 11 is 1.51. The number of thiazole rings is 1. The summed E-state index contributed by atoms with van der Waals surface area (Å²) in [6.07, 6.45) is 0.723. The number of hydrogen-bond donors (Lipinski definition) is 0. The van der Waals surface area contributed by atoms with Crippen LogP contribution in [0.4, 0.5) is 11.4 Å². The SMILES string of the molecule is COc1ccc(CCn2c(-c3cccc([N+](=O)[O-])c3)csc2=Nc2ccccc2)cc1OC. The van der Waals surface area contributed by atoms with Crippen molar-refractivity contribution in [2.75, 3.05) is 14.2 Å². The number of aromatic nitrogens is 1. The molecule has 0 atom stereocenters. The maximum atomic E-state index is 11.3. The largest absolute Gasteiger partial charge is 0.493 e. The summed E-state index contributed by atoms with van der Waals surface area (Å²) in [5.41, 5.74) is 3.67. The molecule has 33 heavy (non-hydrogen) atoms. The molecule has 1 heterocycles. The van der Waals surface area contributed by atoms with Crippen LogP contribution in [-0.2, 0) is 13.0 Å². The van der Waals surface area contributed by atoms with Gasteiger partial charge in [0.05, 0.1) is 30.5 Å². The van der Waals surface area contributed by atoms with Gasteiger partial charge in [0.2, 0.25) is 0 Å². The van der Waals surface area contributed by atoms with Gasteiger partial charge in [0, 0.05) is 29.6 Å². The van der Waals surface area contributed by atoms with E-state index in [1.54, 1.807) is 26.4 Å². The number of non-ortho nitro benzene ring substituents is 1. The van der Waals surface area contributed by atoms with Crippen LogP contribution in [0.3, 0.4) is 0 Å². The highest BCUT2D eigenvalue weighted by Crippen LogP contribution is 2.29. The van der Waals surface area contributed by atoms with E-state index in [4.69, 9.17) is 14.5 Å². The lowest BCUT2D eigenvalue weighted by Crippen LogP contribution is -2.17. The number of ether oxygens (including phenoxy) is 2. The molecular weight excluding hydrogens is 438 g/mol. The topological polar surface area (TPSA) is 78.9 Å². The van der Waals surface area contributed by atoms with Crippen molar-refractivity contribution >= 4 is 22.7 Å². The first-order valence-electron chi connectivity index (χ1n) is 10.3. The summed E-state index contributed by atoms with van der Waals surface area (Å²) in [4.78, 5) is 16.6. The summed E-state index contributed by atoms with van der Waals surface area (Å²) < 4.78 is 12.9. The third kappa shape index (κ3) is 5.12. The molecular formula is C25H23N3O4S. The van der Waals surface area contributed by atoms with Crippen molar-refractivity contribution in [1.82, 2.24) is 4.57 Å². The van der Waals surface area contributed by atoms with E-state index in [2.05, 4.69) is 4.57 Å². The van der Waals surface area contributed by atoms with Crippen LogP contribution in [0.2, 0.25) is 0 Å². The number of rotatable bonds is 8. The van der Waals surface area contributed by atoms with Gasteiger partial charge in [-0.25, -0.2) is 4.99 Å². The average Bonchev–Trinajstić information content (AvgIpc) is 3.25. The van der Waals surface area contributed by atoms with Crippen molar-refractivity contribution in [1.29, 1.82) is 0 Å². The molecule has 8 heteroatoms. The number of nitro benzene ring substituents is 1. The zero-order valence-corrected chi connectivity index (χ0v) is 19.1. The molecule has 0 N–H and O–H groups in total. The number of para-hydroxylation sites is 1. The Hall–Kier alpha value is -3.91. The Morgan fingerprint density at radius 1 is 0.970 bits per heavy atom. The Labute approximate surface area is 195 Å². The Bertz CT molecular complexity index is 1330. The Morgan fingerprint density at radius 3 is 2.48 bits per heavy atom. The van der Waals surface area contributed by atoms with Crippen LogP contribution in [0.15, 0.2) is 83.2 Å². The lowest BCUT2D eigenvalue weighted by atomic mass is 10.1. The smallest absolute Gasteiger partial charge is 0.270 e. The second-order valence-corrected chi connectivity index (χ2v) is 8.09. The highest BCUT2D eigenvalue weighted by atomic mass is 32.1. The van der Waals surface area contributed by atoms with Gasteiger partial charge in [-0.2, -0.15) is 0 Å². The van der Waals surface area contributed by atoms with Gasteiger partial charge in [0.25, 0.3) is 5.69 Å². The molecule has 0 spiro atoms. The van der Waals surface area contributed by atoms with Crippen LogP contribution in [0.5, 0.6) is 11.5 Å². The standard InChI is InChI=1S/C25H23N3O4S/c1-31-23-12-11-18(15-24(23)32-2)13-14-27-22(19-7-6-10-21(16-19)28(29)30)17-33-25(27)26-20-8-4-3-5-9-20/h3-12,15-17H,13-14H2,1-2H3. The van der Waals surface area contributed by atoms with Gasteiger partial charge in [-0.1, -0.05) is 36.4 Å². The van der Waals surface area contributed by atoms with E-state index in [1.165, 1.54) is 17.4 Å². The normalized spacial score (nSPS) is 11.4. The number of aryl methyl sites for hydroxylation is 1. The molecule has 0 saturated heterocycles. The Kier molecular flexibility index (Phi) is 6.85. The lowest BCUT2D eigenvalue weighted by Gasteiger charge is -2.12. The fraction of sp³-hybridized carbons (Fsp3) is 0.160. The fourth-order valence-corrected chi connectivity index (χ4v) is 4.49. The van der Waals surface area contributed by atoms with Crippen LogP contribution < -0.4 is 14.3 Å². The molecule has 0 aliphatic rings. The number of hydrogen-bond acceptors (Lipinski definition) is 6. The van der Waals surface area contributed by atoms with Crippen molar-refractivity contribution in [3.63, 3.8) is 0 Å². The van der Waals surface area contributed by atoms with Gasteiger partial charge in [-0.3, -0.25) is 10.1 Å². The van der Waals surface area contributed by atoms with E-state index in [0.717, 1.165) is 33.7 Å². The van der Waals surface area contributed by atoms with Crippen molar-refractivity contribution in [2.45, 2.75) is 13.0 Å². The maximum absolute atomic E-state index is 11.3. The molecule has 0 bridgehead atoms. The monoisotopic (exact) mass is 461 g/mol. The van der Waals surface area contributed by atoms with Gasteiger partial charge >= 0.3 is 0 Å². The van der Waals surface area contributed by atoms with E-state index in [9.17, 15) is 10.1 Å². The molecule has 4 aromatic rings. The number of nitro groups is 1. The molecule has 3 aromatic carbocycles. The Balaban J connectivity index is 1.74. The minimum Gasteiger partial charge on any atom is -0.493 e. The summed E-state index contributed by atoms with van der Waals surface area (Å²) in [7, 11) is 3.23. The first-order valence-corrected chi connectivity index (χ1v) is 11.2. The third-order valence-electron chi connectivity index (χ3n) is 5.20. The fourth-order valence-electron chi connectivity index (χ4n) is 3.53. The maximum Gasteiger partial charge on any atom is 0.270 e. The molecule has 0 aliphatic carbocycles. The molecule has 0 unspecified atom stereocenters. The summed E-state index contributed by atoms with van der Waals surface area (Å²) in [6.45, 7) is 0.642. The molecule has 0 aliphatic heterocycles. The Morgan fingerprint density at radius 2 is 1.76 bits per heavy atom. The van der Waals surface area contributed by atoms with Crippen LogP contribution in [0.25, 0.3) is 11.3 Å². The molecule has 4 rings (SSSR count). The quantitative estimate of drug-likeness (QED) is 0.252. The predicted octanol–water partition coefficient (Wildman–Crippen LogP) is 5.62. The third-order valence-corrected chi connectivity index (χ3v) is 6.07. The minimum atomic E-state index is -0.376. The van der Waals surface area contributed by atoms with Gasteiger partial charge in [0.1, 0.15) is 0 Å². The van der Waals surface area contributed by atoms with E-state index in [-0.39, 0.29) is 10.6 Å². The molecule has 0 fully saturated rings. The van der Waals surface area contributed by atoms with E-state index < -0.39 is 0 Å². The minimum absolute atomic E-state index is 0.0617. The number of benzene rings is 3. The highest BCUT2D eigenvalue weighted by Gasteiger charge is 2.13. The molecule has 0 amide bonds. The average molecular weight is 462 g/mol. The van der Waals surface area contributed by atoms with E-state index in [1.807, 2.05) is 60.0 Å². The van der Waals surface area contributed by atoms with Crippen LogP contribution in [-0.4, -0.2) is 23.7 Å². The van der Waals surface area contributed by atoms with Crippen molar-refractivity contribution in [2.24, 2.45) is 4.99 Å². The molecule has 0 radical (unpaired) electrons. The summed E-state index contributed by atoms with van der Waals surface area (Å²) in [5.74, 6) is 1.36. The zero-order chi connectivity index (χ0) is 23.2. The lowest BCUT2D eigenvalue weighted by molar-refractivity contribution is -0.384. The van der Waals surface area contributed by atoms with Gasteiger partial charge in [-0.05, 0) is 36.2 Å². The van der Waals surface area contributed by atoms with E-state index in [0.29, 0.717) is 18.0 Å². The summed E-state index contributed by atoms with van der Waals surface area (Å²) in [6, 6.07) is 22.3. The molecule has 7 nitrogen and oxygen atoms in total. The highest BCUT2D eigenvalue weighted by molar-refractivity contribution is 7.07. The van der Waals surface area contributed by atoms with Crippen molar-refractivity contribution < 1.29 is 14.4 Å². The molecule has 1 aromatic heterocycles. The van der Waals surface area contributed by atoms with Crippen LogP contribution in [0, 0.1) is 10.1 Å². The molecule has 168 valence electrons. The number of methoxy groups -OCH3 is 2. The summed E-state index contributed by atoms with van der Waals surface area (Å²) in [5, 5.41) is 13.3. The first-order chi connectivity index (χ1) is 16.1. The zero-order valence-electron chi connectivity index (χ0n) is 18.3. The van der Waals surface area contributed by atoms with E-state index >= 15 is 0 Å². The van der Waals surface area contributed by atoms with Gasteiger partial charge in [-0.15, -0.1) is 11.3 Å². The van der Waals surface area contributed by atoms with Gasteiger partial charge < -0.3 is 14.0 Å².